The summed E-state index contributed by atoms with van der Waals surface area (Å²) >= 11 is 3.46. The van der Waals surface area contributed by atoms with Gasteiger partial charge in [0, 0.05) is 16.6 Å². The molecule has 4 heteroatoms. The van der Waals surface area contributed by atoms with Crippen molar-refractivity contribution in [2.45, 2.75) is 13.0 Å². The van der Waals surface area contributed by atoms with Crippen molar-refractivity contribution in [3.63, 3.8) is 0 Å². The van der Waals surface area contributed by atoms with Crippen LogP contribution in [0, 0.1) is 0 Å². The standard InChI is InChI=1S/C22H17BrN2O/c23-18-12-10-17(11-13-18)21-24-20-9-5-4-8-19(20)22(26)25(21)15-14-16-6-2-1-3-7-16/h1-13H,14-15H2. The van der Waals surface area contributed by atoms with Crippen LogP contribution < -0.4 is 5.56 Å². The van der Waals surface area contributed by atoms with Crippen LogP contribution in [0.1, 0.15) is 5.56 Å². The largest absolute Gasteiger partial charge is 0.292 e. The Hall–Kier alpha value is -2.72. The molecule has 0 saturated heterocycles. The third-order valence-corrected chi connectivity index (χ3v) is 4.96. The van der Waals surface area contributed by atoms with Crippen molar-refractivity contribution < 1.29 is 0 Å². The summed E-state index contributed by atoms with van der Waals surface area (Å²) in [6.07, 6.45) is 0.782. The topological polar surface area (TPSA) is 34.9 Å². The molecule has 0 aliphatic carbocycles. The fourth-order valence-electron chi connectivity index (χ4n) is 3.08. The van der Waals surface area contributed by atoms with Gasteiger partial charge in [0.05, 0.1) is 10.9 Å². The average molecular weight is 405 g/mol. The maximum Gasteiger partial charge on any atom is 0.261 e. The average Bonchev–Trinajstić information content (AvgIpc) is 2.69. The SMILES string of the molecule is O=c1c2ccccc2nc(-c2ccc(Br)cc2)n1CCc1ccccc1. The first-order valence-electron chi connectivity index (χ1n) is 8.52. The minimum Gasteiger partial charge on any atom is -0.292 e. The molecule has 0 aliphatic heterocycles. The maximum absolute atomic E-state index is 13.1. The monoisotopic (exact) mass is 404 g/mol. The van der Waals surface area contributed by atoms with Gasteiger partial charge >= 0.3 is 0 Å². The summed E-state index contributed by atoms with van der Waals surface area (Å²) < 4.78 is 2.79. The predicted octanol–water partition coefficient (Wildman–Crippen LogP) is 5.07. The van der Waals surface area contributed by atoms with E-state index >= 15 is 0 Å². The van der Waals surface area contributed by atoms with Crippen LogP contribution in [0.25, 0.3) is 22.3 Å². The molecule has 0 fully saturated rings. The van der Waals surface area contributed by atoms with Gasteiger partial charge in [-0.1, -0.05) is 70.5 Å². The summed E-state index contributed by atoms with van der Waals surface area (Å²) in [6.45, 7) is 0.589. The number of fused-ring (bicyclic) bond motifs is 1. The molecule has 4 aromatic rings. The first-order chi connectivity index (χ1) is 12.7. The lowest BCUT2D eigenvalue weighted by molar-refractivity contribution is 0.671. The number of hydrogen-bond acceptors (Lipinski definition) is 2. The smallest absolute Gasteiger partial charge is 0.261 e. The summed E-state index contributed by atoms with van der Waals surface area (Å²) in [5.74, 6) is 0.706. The second-order valence-corrected chi connectivity index (χ2v) is 7.07. The Kier molecular flexibility index (Phi) is 4.67. The molecule has 0 aliphatic rings. The van der Waals surface area contributed by atoms with Gasteiger partial charge in [-0.2, -0.15) is 0 Å². The van der Waals surface area contributed by atoms with E-state index < -0.39 is 0 Å². The molecule has 0 unspecified atom stereocenters. The van der Waals surface area contributed by atoms with Crippen LogP contribution in [0.4, 0.5) is 0 Å². The second-order valence-electron chi connectivity index (χ2n) is 6.15. The number of nitrogens with zero attached hydrogens (tertiary/aromatic N) is 2. The molecule has 4 rings (SSSR count). The molecular formula is C22H17BrN2O. The van der Waals surface area contributed by atoms with E-state index in [1.807, 2.05) is 66.7 Å². The Bertz CT molecular complexity index is 1100. The molecule has 0 atom stereocenters. The fourth-order valence-corrected chi connectivity index (χ4v) is 3.34. The number of aromatic nitrogens is 2. The van der Waals surface area contributed by atoms with Crippen molar-refractivity contribution in [3.05, 3.63) is 99.3 Å². The lowest BCUT2D eigenvalue weighted by atomic mass is 10.1. The Morgan fingerprint density at radius 2 is 1.54 bits per heavy atom. The molecule has 0 bridgehead atoms. The number of halogens is 1. The van der Waals surface area contributed by atoms with Gasteiger partial charge < -0.3 is 0 Å². The molecule has 0 radical (unpaired) electrons. The number of aryl methyl sites for hydroxylation is 1. The van der Waals surface area contributed by atoms with Crippen molar-refractivity contribution in [1.29, 1.82) is 0 Å². The van der Waals surface area contributed by atoms with Gasteiger partial charge in [0.15, 0.2) is 0 Å². The van der Waals surface area contributed by atoms with E-state index in [9.17, 15) is 4.79 Å². The molecule has 1 aromatic heterocycles. The van der Waals surface area contributed by atoms with Crippen LogP contribution in [0.15, 0.2) is 88.1 Å². The zero-order valence-electron chi connectivity index (χ0n) is 14.1. The molecule has 3 nitrogen and oxygen atoms in total. The van der Waals surface area contributed by atoms with Crippen LogP contribution in [-0.4, -0.2) is 9.55 Å². The normalized spacial score (nSPS) is 11.0. The lowest BCUT2D eigenvalue weighted by Crippen LogP contribution is -2.24. The number of rotatable bonds is 4. The summed E-state index contributed by atoms with van der Waals surface area (Å²) in [6, 6.07) is 25.6. The van der Waals surface area contributed by atoms with E-state index in [1.165, 1.54) is 5.56 Å². The second kappa shape index (κ2) is 7.26. The van der Waals surface area contributed by atoms with Gasteiger partial charge in [-0.3, -0.25) is 9.36 Å². The van der Waals surface area contributed by atoms with Crippen molar-refractivity contribution in [1.82, 2.24) is 9.55 Å². The van der Waals surface area contributed by atoms with Crippen molar-refractivity contribution in [3.8, 4) is 11.4 Å². The van der Waals surface area contributed by atoms with Crippen molar-refractivity contribution in [2.24, 2.45) is 0 Å². The molecule has 0 N–H and O–H groups in total. The van der Waals surface area contributed by atoms with Crippen LogP contribution in [0.2, 0.25) is 0 Å². The highest BCUT2D eigenvalue weighted by atomic mass is 79.9. The van der Waals surface area contributed by atoms with Crippen molar-refractivity contribution in [2.75, 3.05) is 0 Å². The highest BCUT2D eigenvalue weighted by molar-refractivity contribution is 9.10. The van der Waals surface area contributed by atoms with Crippen LogP contribution in [-0.2, 0) is 13.0 Å². The van der Waals surface area contributed by atoms with Gasteiger partial charge in [-0.25, -0.2) is 4.98 Å². The first kappa shape index (κ1) is 16.7. The quantitative estimate of drug-likeness (QED) is 0.475. The van der Waals surface area contributed by atoms with Crippen LogP contribution in [0.5, 0.6) is 0 Å². The number of benzene rings is 3. The molecule has 128 valence electrons. The van der Waals surface area contributed by atoms with E-state index in [0.717, 1.165) is 22.0 Å². The van der Waals surface area contributed by atoms with E-state index in [1.54, 1.807) is 4.57 Å². The third-order valence-electron chi connectivity index (χ3n) is 4.43. The highest BCUT2D eigenvalue weighted by Gasteiger charge is 2.12. The molecular weight excluding hydrogens is 388 g/mol. The third kappa shape index (κ3) is 3.33. The Balaban J connectivity index is 1.85. The molecule has 0 spiro atoms. The van der Waals surface area contributed by atoms with Gasteiger partial charge in [0.25, 0.3) is 5.56 Å². The van der Waals surface area contributed by atoms with Crippen LogP contribution >= 0.6 is 15.9 Å². The summed E-state index contributed by atoms with van der Waals surface area (Å²) in [7, 11) is 0. The van der Waals surface area contributed by atoms with E-state index in [4.69, 9.17) is 4.98 Å². The Morgan fingerprint density at radius 3 is 2.31 bits per heavy atom. The number of hydrogen-bond donors (Lipinski definition) is 0. The lowest BCUT2D eigenvalue weighted by Gasteiger charge is -2.14. The first-order valence-corrected chi connectivity index (χ1v) is 9.31. The molecule has 26 heavy (non-hydrogen) atoms. The van der Waals surface area contributed by atoms with Gasteiger partial charge in [-0.15, -0.1) is 0 Å². The summed E-state index contributed by atoms with van der Waals surface area (Å²) in [5, 5.41) is 0.654. The molecule has 0 saturated carbocycles. The minimum atomic E-state index is 0.00412. The summed E-state index contributed by atoms with van der Waals surface area (Å²) in [5.41, 5.74) is 2.87. The Morgan fingerprint density at radius 1 is 0.846 bits per heavy atom. The van der Waals surface area contributed by atoms with E-state index in [2.05, 4.69) is 28.1 Å². The summed E-state index contributed by atoms with van der Waals surface area (Å²) in [4.78, 5) is 17.9. The van der Waals surface area contributed by atoms with E-state index in [0.29, 0.717) is 17.8 Å². The highest BCUT2D eigenvalue weighted by Crippen LogP contribution is 2.21. The molecule has 1 heterocycles. The maximum atomic E-state index is 13.1. The van der Waals surface area contributed by atoms with Gasteiger partial charge in [0.2, 0.25) is 0 Å². The number of para-hydroxylation sites is 1. The predicted molar refractivity (Wildman–Crippen MR) is 109 cm³/mol. The zero-order chi connectivity index (χ0) is 17.9. The minimum absolute atomic E-state index is 0.00412. The molecule has 0 amide bonds. The van der Waals surface area contributed by atoms with Crippen molar-refractivity contribution >= 4 is 26.8 Å². The van der Waals surface area contributed by atoms with Gasteiger partial charge in [-0.05, 0) is 36.2 Å². The molecule has 3 aromatic carbocycles. The zero-order valence-corrected chi connectivity index (χ0v) is 15.7. The van der Waals surface area contributed by atoms with E-state index in [-0.39, 0.29) is 5.56 Å². The van der Waals surface area contributed by atoms with Gasteiger partial charge in [0.1, 0.15) is 5.82 Å². The van der Waals surface area contributed by atoms with Crippen LogP contribution in [0.3, 0.4) is 0 Å². The Labute approximate surface area is 160 Å². The fraction of sp³-hybridized carbons (Fsp3) is 0.0909.